The highest BCUT2D eigenvalue weighted by molar-refractivity contribution is 7.71. The normalized spacial score (nSPS) is 16.3. The largest absolute Gasteiger partial charge is 0.493 e. The predicted octanol–water partition coefficient (Wildman–Crippen LogP) is 3.22. The number of hydrogen-bond donors (Lipinski definition) is 1. The molecule has 150 valence electrons. The van der Waals surface area contributed by atoms with E-state index in [4.69, 9.17) is 26.1 Å². The first-order chi connectivity index (χ1) is 14.2. The maximum atomic E-state index is 5.75. The highest BCUT2D eigenvalue weighted by atomic mass is 32.1. The lowest BCUT2D eigenvalue weighted by Crippen LogP contribution is -3.11. The molecule has 0 bridgehead atoms. The van der Waals surface area contributed by atoms with Crippen molar-refractivity contribution in [3.05, 3.63) is 65.0 Å². The smallest absolute Gasteiger partial charge is 0.292 e. The van der Waals surface area contributed by atoms with Crippen molar-refractivity contribution in [3.8, 4) is 23.0 Å². The number of ether oxygens (including phenoxy) is 2. The van der Waals surface area contributed by atoms with Crippen molar-refractivity contribution >= 4 is 17.8 Å². The van der Waals surface area contributed by atoms with Gasteiger partial charge in [0, 0.05) is 12.0 Å². The van der Waals surface area contributed by atoms with Crippen LogP contribution in [0.5, 0.6) is 11.5 Å². The molecule has 1 atom stereocenters. The average Bonchev–Trinajstić information content (AvgIpc) is 3.14. The number of benzene rings is 2. The van der Waals surface area contributed by atoms with E-state index < -0.39 is 0 Å². The van der Waals surface area contributed by atoms with Gasteiger partial charge in [-0.2, -0.15) is 4.68 Å². The molecule has 1 aliphatic rings. The minimum absolute atomic E-state index is 0.375. The van der Waals surface area contributed by atoms with Crippen LogP contribution in [0.2, 0.25) is 0 Å². The molecule has 1 aliphatic heterocycles. The van der Waals surface area contributed by atoms with Crippen LogP contribution in [0.4, 0.5) is 0 Å². The van der Waals surface area contributed by atoms with E-state index in [0.29, 0.717) is 28.9 Å². The quantitative estimate of drug-likeness (QED) is 0.633. The number of nitrogens with zero attached hydrogens (tertiary/aromatic N) is 2. The van der Waals surface area contributed by atoms with E-state index in [2.05, 4.69) is 35.4 Å². The molecule has 0 fully saturated rings. The topological polar surface area (TPSA) is 53.9 Å². The summed E-state index contributed by atoms with van der Waals surface area (Å²) >= 11 is 5.40. The van der Waals surface area contributed by atoms with Gasteiger partial charge in [0.15, 0.2) is 18.2 Å². The Bertz CT molecular complexity index is 1070. The van der Waals surface area contributed by atoms with Crippen molar-refractivity contribution in [3.63, 3.8) is 0 Å². The fourth-order valence-electron chi connectivity index (χ4n) is 3.55. The van der Waals surface area contributed by atoms with Gasteiger partial charge >= 0.3 is 0 Å². The average molecular weight is 411 g/mol. The van der Waals surface area contributed by atoms with Gasteiger partial charge in [0.25, 0.3) is 4.84 Å². The molecule has 0 saturated carbocycles. The van der Waals surface area contributed by atoms with Gasteiger partial charge in [0.05, 0.1) is 27.3 Å². The maximum absolute atomic E-state index is 5.75. The highest BCUT2D eigenvalue weighted by Gasteiger charge is 2.19. The Labute approximate surface area is 175 Å². The molecule has 1 unspecified atom stereocenters. The number of nitrogens with one attached hydrogen (secondary N) is 1. The van der Waals surface area contributed by atoms with E-state index in [0.717, 1.165) is 25.1 Å². The first kappa shape index (κ1) is 19.4. The van der Waals surface area contributed by atoms with Gasteiger partial charge in [-0.15, -0.1) is 5.10 Å². The molecule has 0 aliphatic carbocycles. The van der Waals surface area contributed by atoms with Crippen LogP contribution in [-0.2, 0) is 6.67 Å². The van der Waals surface area contributed by atoms with Crippen molar-refractivity contribution in [2.45, 2.75) is 13.1 Å². The summed E-state index contributed by atoms with van der Waals surface area (Å²) in [4.78, 5) is 1.77. The van der Waals surface area contributed by atoms with Gasteiger partial charge in [0.1, 0.15) is 0 Å². The molecule has 29 heavy (non-hydrogen) atoms. The Morgan fingerprint density at radius 1 is 1.07 bits per heavy atom. The molecule has 2 heterocycles. The fourth-order valence-corrected chi connectivity index (χ4v) is 3.73. The molecule has 1 aromatic heterocycles. The summed E-state index contributed by atoms with van der Waals surface area (Å²) < 4.78 is 18.2. The Morgan fingerprint density at radius 2 is 1.86 bits per heavy atom. The van der Waals surface area contributed by atoms with Crippen molar-refractivity contribution in [1.29, 1.82) is 0 Å². The van der Waals surface area contributed by atoms with Gasteiger partial charge in [-0.05, 0) is 47.6 Å². The van der Waals surface area contributed by atoms with Crippen molar-refractivity contribution in [2.75, 3.05) is 27.3 Å². The lowest BCUT2D eigenvalue weighted by Gasteiger charge is -2.23. The molecular formula is C22H24N3O3S+. The first-order valence-electron chi connectivity index (χ1n) is 9.56. The monoisotopic (exact) mass is 410 g/mol. The van der Waals surface area contributed by atoms with Crippen molar-refractivity contribution in [2.24, 2.45) is 0 Å². The van der Waals surface area contributed by atoms with Gasteiger partial charge in [-0.1, -0.05) is 30.3 Å². The van der Waals surface area contributed by atoms with Crippen LogP contribution in [-0.4, -0.2) is 37.1 Å². The molecule has 0 amide bonds. The third kappa shape index (κ3) is 4.26. The molecule has 4 rings (SSSR count). The third-order valence-electron chi connectivity index (χ3n) is 5.14. The van der Waals surface area contributed by atoms with Gasteiger partial charge in [0.2, 0.25) is 5.89 Å². The van der Waals surface area contributed by atoms with E-state index in [1.807, 2.05) is 24.3 Å². The zero-order valence-electron chi connectivity index (χ0n) is 16.6. The third-order valence-corrected chi connectivity index (χ3v) is 5.43. The lowest BCUT2D eigenvalue weighted by molar-refractivity contribution is -0.918. The van der Waals surface area contributed by atoms with E-state index >= 15 is 0 Å². The van der Waals surface area contributed by atoms with Gasteiger partial charge < -0.3 is 18.8 Å². The van der Waals surface area contributed by atoms with Crippen LogP contribution >= 0.6 is 12.2 Å². The minimum Gasteiger partial charge on any atom is -0.493 e. The maximum Gasteiger partial charge on any atom is 0.292 e. The van der Waals surface area contributed by atoms with Crippen LogP contribution in [0.1, 0.15) is 12.0 Å². The summed E-state index contributed by atoms with van der Waals surface area (Å²) in [5, 5.41) is 4.59. The molecular weight excluding hydrogens is 386 g/mol. The summed E-state index contributed by atoms with van der Waals surface area (Å²) in [6.07, 6.45) is 3.35. The summed E-state index contributed by atoms with van der Waals surface area (Å²) in [5.41, 5.74) is 3.51. The Morgan fingerprint density at radius 3 is 2.55 bits per heavy atom. The first-order valence-corrected chi connectivity index (χ1v) is 9.97. The Kier molecular flexibility index (Phi) is 5.78. The highest BCUT2D eigenvalue weighted by Crippen LogP contribution is 2.31. The molecule has 0 radical (unpaired) electrons. The van der Waals surface area contributed by atoms with E-state index in [9.17, 15) is 0 Å². The van der Waals surface area contributed by atoms with E-state index in [-0.39, 0.29) is 0 Å². The Balaban J connectivity index is 1.48. The van der Waals surface area contributed by atoms with Crippen LogP contribution in [0.15, 0.2) is 59.0 Å². The lowest BCUT2D eigenvalue weighted by atomic mass is 10.00. The van der Waals surface area contributed by atoms with Crippen molar-refractivity contribution < 1.29 is 18.8 Å². The molecule has 6 nitrogen and oxygen atoms in total. The van der Waals surface area contributed by atoms with Crippen LogP contribution in [0, 0.1) is 4.84 Å². The number of aromatic nitrogens is 2. The van der Waals surface area contributed by atoms with E-state index in [1.54, 1.807) is 18.9 Å². The summed E-state index contributed by atoms with van der Waals surface area (Å²) in [5.74, 6) is 1.77. The molecule has 0 saturated heterocycles. The van der Waals surface area contributed by atoms with Crippen LogP contribution < -0.4 is 14.4 Å². The summed E-state index contributed by atoms with van der Waals surface area (Å²) in [7, 11) is 3.21. The standard InChI is InChI=1S/C22H23N3O3S/c1-26-19-9-8-18(14-20(19)27-2)21-23-25(22(29)28-21)15-24-12-10-17(11-13-24)16-6-4-3-5-7-16/h3-10,14H,11-13,15H2,1-2H3/p+1. The Hall–Kier alpha value is -2.90. The zero-order valence-corrected chi connectivity index (χ0v) is 17.4. The SMILES string of the molecule is COc1ccc(-c2nn(C[NH+]3CC=C(c4ccccc4)CC3)c(=S)o2)cc1OC. The molecule has 1 N–H and O–H groups in total. The predicted molar refractivity (Wildman–Crippen MR) is 114 cm³/mol. The number of hydrogen-bond acceptors (Lipinski definition) is 5. The van der Waals surface area contributed by atoms with Crippen molar-refractivity contribution in [1.82, 2.24) is 9.78 Å². The summed E-state index contributed by atoms with van der Waals surface area (Å²) in [6, 6.07) is 16.1. The van der Waals surface area contributed by atoms with E-state index in [1.165, 1.54) is 16.0 Å². The number of quaternary nitrogens is 1. The molecule has 2 aromatic carbocycles. The molecule has 0 spiro atoms. The second-order valence-electron chi connectivity index (χ2n) is 6.95. The fraction of sp³-hybridized carbons (Fsp3) is 0.273. The van der Waals surface area contributed by atoms with Crippen LogP contribution in [0.25, 0.3) is 17.0 Å². The number of methoxy groups -OCH3 is 2. The molecule has 7 heteroatoms. The second kappa shape index (κ2) is 8.63. The molecule has 3 aromatic rings. The van der Waals surface area contributed by atoms with Gasteiger partial charge in [-0.25, -0.2) is 0 Å². The second-order valence-corrected chi connectivity index (χ2v) is 7.30. The minimum atomic E-state index is 0.375. The van der Waals surface area contributed by atoms with Crippen LogP contribution in [0.3, 0.4) is 0 Å². The zero-order chi connectivity index (χ0) is 20.2. The number of rotatable bonds is 6. The summed E-state index contributed by atoms with van der Waals surface area (Å²) in [6.45, 7) is 2.64. The van der Waals surface area contributed by atoms with Gasteiger partial charge in [-0.3, -0.25) is 0 Å².